The molecule has 1 N–H and O–H groups in total. The highest BCUT2D eigenvalue weighted by Gasteiger charge is 2.33. The summed E-state index contributed by atoms with van der Waals surface area (Å²) in [5, 5.41) is 3.37. The number of benzene rings is 3. The molecule has 214 valence electrons. The molecule has 0 aliphatic carbocycles. The van der Waals surface area contributed by atoms with Crippen LogP contribution in [0.15, 0.2) is 83.8 Å². The van der Waals surface area contributed by atoms with E-state index >= 15 is 0 Å². The molecule has 7 nitrogen and oxygen atoms in total. The lowest BCUT2D eigenvalue weighted by Gasteiger charge is -2.33. The fourth-order valence-electron chi connectivity index (χ4n) is 4.32. The van der Waals surface area contributed by atoms with E-state index in [-0.39, 0.29) is 29.1 Å². The first-order valence-corrected chi connectivity index (χ1v) is 15.4. The molecule has 0 spiro atoms. The number of carbonyl (C=O) groups excluding carboxylic acids is 2. The van der Waals surface area contributed by atoms with Crippen LogP contribution < -0.4 is 9.62 Å². The molecule has 3 rings (SSSR count). The number of nitrogens with zero attached hydrogens (tertiary/aromatic N) is 2. The van der Waals surface area contributed by atoms with E-state index in [1.807, 2.05) is 58.0 Å². The zero-order valence-corrected chi connectivity index (χ0v) is 25.1. The van der Waals surface area contributed by atoms with Gasteiger partial charge in [0.15, 0.2) is 0 Å². The Balaban J connectivity index is 2.02. The van der Waals surface area contributed by atoms with Crippen molar-refractivity contribution in [1.29, 1.82) is 0 Å². The molecule has 0 saturated carbocycles. The standard InChI is InChI=1S/C31H38ClN3O4S/c1-5-24(4)33-31(37)29(6-2)34(20-19-25-13-9-7-10-14-25)30(36)22-35(26-18-17-23(3)28(32)21-26)40(38,39)27-15-11-8-12-16-27/h7-18,21,24,29H,5-6,19-20,22H2,1-4H3,(H,33,37). The van der Waals surface area contributed by atoms with Crippen LogP contribution in [0.4, 0.5) is 5.69 Å². The van der Waals surface area contributed by atoms with Gasteiger partial charge in [0.1, 0.15) is 12.6 Å². The van der Waals surface area contributed by atoms with E-state index in [0.29, 0.717) is 17.9 Å². The second-order valence-electron chi connectivity index (χ2n) is 9.82. The van der Waals surface area contributed by atoms with Crippen molar-refractivity contribution in [1.82, 2.24) is 10.2 Å². The van der Waals surface area contributed by atoms with E-state index < -0.39 is 28.5 Å². The van der Waals surface area contributed by atoms with E-state index in [4.69, 9.17) is 11.6 Å². The SMILES string of the molecule is CCC(C)NC(=O)C(CC)N(CCc1ccccc1)C(=O)CN(c1ccc(C)c(Cl)c1)S(=O)(=O)c1ccccc1. The van der Waals surface area contributed by atoms with Gasteiger partial charge in [0.05, 0.1) is 10.6 Å². The number of sulfonamides is 1. The third-order valence-electron chi connectivity index (χ3n) is 6.92. The maximum Gasteiger partial charge on any atom is 0.264 e. The minimum Gasteiger partial charge on any atom is -0.352 e. The topological polar surface area (TPSA) is 86.8 Å². The van der Waals surface area contributed by atoms with Crippen LogP contribution in [0.25, 0.3) is 0 Å². The molecular weight excluding hydrogens is 546 g/mol. The summed E-state index contributed by atoms with van der Waals surface area (Å²) in [5.74, 6) is -0.729. The van der Waals surface area contributed by atoms with Gasteiger partial charge in [0.2, 0.25) is 11.8 Å². The van der Waals surface area contributed by atoms with Gasteiger partial charge in [-0.2, -0.15) is 0 Å². The molecule has 0 fully saturated rings. The molecule has 9 heteroatoms. The predicted octanol–water partition coefficient (Wildman–Crippen LogP) is 5.61. The zero-order chi connectivity index (χ0) is 29.3. The van der Waals surface area contributed by atoms with Crippen molar-refractivity contribution in [3.05, 3.63) is 95.0 Å². The number of aryl methyl sites for hydroxylation is 1. The number of hydrogen-bond donors (Lipinski definition) is 1. The first kappa shape index (κ1) is 31.2. The van der Waals surface area contributed by atoms with Crippen molar-refractivity contribution in [2.24, 2.45) is 0 Å². The molecule has 0 bridgehead atoms. The lowest BCUT2D eigenvalue weighted by atomic mass is 10.1. The Morgan fingerprint density at radius 1 is 0.925 bits per heavy atom. The lowest BCUT2D eigenvalue weighted by Crippen LogP contribution is -2.54. The second kappa shape index (κ2) is 14.3. The Morgan fingerprint density at radius 3 is 2.12 bits per heavy atom. The van der Waals surface area contributed by atoms with E-state index in [1.54, 1.807) is 36.4 Å². The van der Waals surface area contributed by atoms with Crippen LogP contribution >= 0.6 is 11.6 Å². The quantitative estimate of drug-likeness (QED) is 0.283. The number of hydrogen-bond acceptors (Lipinski definition) is 4. The molecule has 0 aliphatic rings. The minimum atomic E-state index is -4.13. The van der Waals surface area contributed by atoms with E-state index in [9.17, 15) is 18.0 Å². The summed E-state index contributed by atoms with van der Waals surface area (Å²) < 4.78 is 28.8. The van der Waals surface area contributed by atoms with Crippen molar-refractivity contribution in [2.75, 3.05) is 17.4 Å². The van der Waals surface area contributed by atoms with Gasteiger partial charge in [0.25, 0.3) is 10.0 Å². The third kappa shape index (κ3) is 7.86. The summed E-state index contributed by atoms with van der Waals surface area (Å²) in [7, 11) is -4.13. The van der Waals surface area contributed by atoms with Gasteiger partial charge in [0, 0.05) is 17.6 Å². The molecule has 3 aromatic rings. The molecule has 0 heterocycles. The van der Waals surface area contributed by atoms with Gasteiger partial charge in [-0.05, 0) is 68.5 Å². The Morgan fingerprint density at radius 2 is 1.55 bits per heavy atom. The van der Waals surface area contributed by atoms with Crippen molar-refractivity contribution in [3.8, 4) is 0 Å². The average molecular weight is 584 g/mol. The molecule has 0 radical (unpaired) electrons. The van der Waals surface area contributed by atoms with Crippen molar-refractivity contribution in [3.63, 3.8) is 0 Å². The van der Waals surface area contributed by atoms with Crippen molar-refractivity contribution in [2.45, 2.75) is 63.9 Å². The van der Waals surface area contributed by atoms with Crippen LogP contribution in [0, 0.1) is 6.92 Å². The number of halogens is 1. The van der Waals surface area contributed by atoms with Gasteiger partial charge in [-0.3, -0.25) is 13.9 Å². The van der Waals surface area contributed by atoms with Crippen LogP contribution in [-0.2, 0) is 26.0 Å². The van der Waals surface area contributed by atoms with Gasteiger partial charge in [-0.1, -0.05) is 80.0 Å². The Kier molecular flexibility index (Phi) is 11.2. The summed E-state index contributed by atoms with van der Waals surface area (Å²) in [4.78, 5) is 28.9. The highest BCUT2D eigenvalue weighted by atomic mass is 35.5. The number of amides is 2. The Bertz CT molecular complexity index is 1380. The molecule has 0 saturated heterocycles. The monoisotopic (exact) mass is 583 g/mol. The summed E-state index contributed by atoms with van der Waals surface area (Å²) in [6.45, 7) is 7.32. The number of nitrogens with one attached hydrogen (secondary N) is 1. The maximum absolute atomic E-state index is 14.0. The fourth-order valence-corrected chi connectivity index (χ4v) is 5.92. The molecule has 2 atom stereocenters. The second-order valence-corrected chi connectivity index (χ2v) is 12.1. The Labute approximate surface area is 243 Å². The highest BCUT2D eigenvalue weighted by molar-refractivity contribution is 7.92. The van der Waals surface area contributed by atoms with E-state index in [2.05, 4.69) is 5.32 Å². The molecule has 3 aromatic carbocycles. The highest BCUT2D eigenvalue weighted by Crippen LogP contribution is 2.28. The summed E-state index contributed by atoms with van der Waals surface area (Å²) in [6.07, 6.45) is 1.64. The van der Waals surface area contributed by atoms with Crippen LogP contribution in [0.1, 0.15) is 44.7 Å². The summed E-state index contributed by atoms with van der Waals surface area (Å²) >= 11 is 6.38. The number of anilines is 1. The number of carbonyl (C=O) groups is 2. The fraction of sp³-hybridized carbons (Fsp3) is 0.355. The minimum absolute atomic E-state index is 0.0527. The molecule has 2 amide bonds. The Hall–Kier alpha value is -3.36. The average Bonchev–Trinajstić information content (AvgIpc) is 2.96. The third-order valence-corrected chi connectivity index (χ3v) is 9.12. The van der Waals surface area contributed by atoms with Gasteiger partial charge in [-0.25, -0.2) is 8.42 Å². The molecular formula is C31H38ClN3O4S. The smallest absolute Gasteiger partial charge is 0.264 e. The van der Waals surface area contributed by atoms with E-state index in [1.165, 1.54) is 17.0 Å². The van der Waals surface area contributed by atoms with Gasteiger partial charge < -0.3 is 10.2 Å². The first-order chi connectivity index (χ1) is 19.1. The van der Waals surface area contributed by atoms with Crippen molar-refractivity contribution < 1.29 is 18.0 Å². The van der Waals surface area contributed by atoms with Crippen LogP contribution in [0.2, 0.25) is 5.02 Å². The summed E-state index contributed by atoms with van der Waals surface area (Å²) in [5.41, 5.74) is 2.07. The van der Waals surface area contributed by atoms with E-state index in [0.717, 1.165) is 21.9 Å². The van der Waals surface area contributed by atoms with Crippen LogP contribution in [0.5, 0.6) is 0 Å². The molecule has 2 unspecified atom stereocenters. The van der Waals surface area contributed by atoms with Gasteiger partial charge >= 0.3 is 0 Å². The normalized spacial score (nSPS) is 12.8. The summed E-state index contributed by atoms with van der Waals surface area (Å²) in [6, 6.07) is 21.7. The predicted molar refractivity (Wildman–Crippen MR) is 161 cm³/mol. The molecule has 40 heavy (non-hydrogen) atoms. The molecule has 0 aromatic heterocycles. The maximum atomic E-state index is 14.0. The first-order valence-electron chi connectivity index (χ1n) is 13.6. The zero-order valence-electron chi connectivity index (χ0n) is 23.5. The lowest BCUT2D eigenvalue weighted by molar-refractivity contribution is -0.139. The number of rotatable bonds is 13. The van der Waals surface area contributed by atoms with Crippen molar-refractivity contribution >= 4 is 39.1 Å². The largest absolute Gasteiger partial charge is 0.352 e. The van der Waals surface area contributed by atoms with Crippen LogP contribution in [0.3, 0.4) is 0 Å². The van der Waals surface area contributed by atoms with Crippen LogP contribution in [-0.4, -0.2) is 50.3 Å². The molecule has 0 aliphatic heterocycles. The van der Waals surface area contributed by atoms with Gasteiger partial charge in [-0.15, -0.1) is 0 Å².